The van der Waals surface area contributed by atoms with E-state index in [0.29, 0.717) is 28.0 Å². The summed E-state index contributed by atoms with van der Waals surface area (Å²) in [6.07, 6.45) is 0. The minimum absolute atomic E-state index is 0.223. The number of hydrogen-bond donors (Lipinski definition) is 0. The van der Waals surface area contributed by atoms with E-state index in [0.717, 1.165) is 11.0 Å². The summed E-state index contributed by atoms with van der Waals surface area (Å²) >= 11 is 0. The van der Waals surface area contributed by atoms with Gasteiger partial charge in [-0.3, -0.25) is 0 Å². The number of esters is 1. The molecule has 0 atom stereocenters. The van der Waals surface area contributed by atoms with Crippen LogP contribution in [-0.4, -0.2) is 18.2 Å². The smallest absolute Gasteiger partial charge is 0.344 e. The number of fused-ring (bicyclic) bond motifs is 2. The van der Waals surface area contributed by atoms with E-state index in [1.165, 1.54) is 6.07 Å². The standard InChI is InChI=1S/C23H20O6/c1-23(2,3)29-22(25)13-26-15-8-9-19-16(11-15)17(12-21(24)28-19)20-10-14-6-4-5-7-18(14)27-20/h4-12H,13H2,1-3H3. The molecule has 2 aromatic carbocycles. The van der Waals surface area contributed by atoms with Crippen LogP contribution < -0.4 is 10.4 Å². The predicted molar refractivity (Wildman–Crippen MR) is 109 cm³/mol. The first-order valence-corrected chi connectivity index (χ1v) is 9.20. The van der Waals surface area contributed by atoms with Gasteiger partial charge >= 0.3 is 11.6 Å². The number of carbonyl (C=O) groups excluding carboxylic acids is 1. The highest BCUT2D eigenvalue weighted by Gasteiger charge is 2.17. The van der Waals surface area contributed by atoms with Gasteiger partial charge in [-0.05, 0) is 51.1 Å². The van der Waals surface area contributed by atoms with Gasteiger partial charge in [0.2, 0.25) is 0 Å². The number of furan rings is 1. The van der Waals surface area contributed by atoms with Gasteiger partial charge in [0.1, 0.15) is 28.3 Å². The molecule has 0 saturated heterocycles. The van der Waals surface area contributed by atoms with Gasteiger partial charge in [0.05, 0.1) is 0 Å². The zero-order chi connectivity index (χ0) is 20.6. The summed E-state index contributed by atoms with van der Waals surface area (Å²) in [5.41, 5.74) is 0.658. The number of carbonyl (C=O) groups is 1. The van der Waals surface area contributed by atoms with Crippen molar-refractivity contribution in [2.24, 2.45) is 0 Å². The van der Waals surface area contributed by atoms with Crippen LogP contribution in [0.4, 0.5) is 0 Å². The molecule has 0 aliphatic carbocycles. The van der Waals surface area contributed by atoms with Crippen molar-refractivity contribution in [3.8, 4) is 17.1 Å². The number of rotatable bonds is 4. The maximum Gasteiger partial charge on any atom is 0.344 e. The molecule has 4 rings (SSSR count). The highest BCUT2D eigenvalue weighted by atomic mass is 16.6. The molecular weight excluding hydrogens is 372 g/mol. The molecule has 0 fully saturated rings. The van der Waals surface area contributed by atoms with Crippen LogP contribution in [0.1, 0.15) is 20.8 Å². The molecule has 148 valence electrons. The number of benzene rings is 2. The van der Waals surface area contributed by atoms with Crippen molar-refractivity contribution in [1.29, 1.82) is 0 Å². The molecule has 0 spiro atoms. The molecule has 29 heavy (non-hydrogen) atoms. The topological polar surface area (TPSA) is 78.9 Å². The highest BCUT2D eigenvalue weighted by molar-refractivity contribution is 5.95. The Morgan fingerprint density at radius 2 is 1.76 bits per heavy atom. The van der Waals surface area contributed by atoms with E-state index in [4.69, 9.17) is 18.3 Å². The molecule has 0 saturated carbocycles. The fraction of sp³-hybridized carbons (Fsp3) is 0.217. The molecule has 0 radical (unpaired) electrons. The zero-order valence-corrected chi connectivity index (χ0v) is 16.4. The van der Waals surface area contributed by atoms with Crippen molar-refractivity contribution in [2.45, 2.75) is 26.4 Å². The second-order valence-electron chi connectivity index (χ2n) is 7.66. The number of hydrogen-bond acceptors (Lipinski definition) is 6. The van der Waals surface area contributed by atoms with Crippen LogP contribution in [0.25, 0.3) is 33.3 Å². The van der Waals surface area contributed by atoms with Crippen molar-refractivity contribution in [2.75, 3.05) is 6.61 Å². The predicted octanol–water partition coefficient (Wildman–Crippen LogP) is 4.93. The maximum absolute atomic E-state index is 12.0. The summed E-state index contributed by atoms with van der Waals surface area (Å²) in [5.74, 6) is 0.539. The van der Waals surface area contributed by atoms with Crippen LogP contribution in [-0.2, 0) is 9.53 Å². The quantitative estimate of drug-likeness (QED) is 0.362. The van der Waals surface area contributed by atoms with E-state index in [-0.39, 0.29) is 6.61 Å². The second kappa shape index (κ2) is 7.13. The first-order valence-electron chi connectivity index (χ1n) is 9.20. The Morgan fingerprint density at radius 1 is 0.966 bits per heavy atom. The van der Waals surface area contributed by atoms with Crippen LogP contribution in [0.5, 0.6) is 5.75 Å². The lowest BCUT2D eigenvalue weighted by molar-refractivity contribution is -0.157. The van der Waals surface area contributed by atoms with Crippen LogP contribution in [0.3, 0.4) is 0 Å². The molecule has 2 aromatic heterocycles. The van der Waals surface area contributed by atoms with Crippen molar-refractivity contribution in [3.05, 3.63) is 65.0 Å². The van der Waals surface area contributed by atoms with Gasteiger partial charge in [-0.2, -0.15) is 0 Å². The van der Waals surface area contributed by atoms with Gasteiger partial charge in [-0.25, -0.2) is 9.59 Å². The maximum atomic E-state index is 12.0. The van der Waals surface area contributed by atoms with Crippen LogP contribution in [0, 0.1) is 0 Å². The normalized spacial score (nSPS) is 11.7. The molecule has 6 nitrogen and oxygen atoms in total. The van der Waals surface area contributed by atoms with Crippen molar-refractivity contribution in [3.63, 3.8) is 0 Å². The summed E-state index contributed by atoms with van der Waals surface area (Å²) in [6.45, 7) is 5.16. The third-order valence-electron chi connectivity index (χ3n) is 4.18. The van der Waals surface area contributed by atoms with Crippen LogP contribution in [0.2, 0.25) is 0 Å². The lowest BCUT2D eigenvalue weighted by Crippen LogP contribution is -2.27. The monoisotopic (exact) mass is 392 g/mol. The summed E-state index contributed by atoms with van der Waals surface area (Å²) in [7, 11) is 0. The molecule has 2 heterocycles. The molecule has 6 heteroatoms. The molecule has 0 unspecified atom stereocenters. The first kappa shape index (κ1) is 18.8. The third-order valence-corrected chi connectivity index (χ3v) is 4.18. The van der Waals surface area contributed by atoms with E-state index in [1.807, 2.05) is 30.3 Å². The Morgan fingerprint density at radius 3 is 2.52 bits per heavy atom. The van der Waals surface area contributed by atoms with E-state index in [1.54, 1.807) is 39.0 Å². The average Bonchev–Trinajstić information content (AvgIpc) is 3.08. The second-order valence-corrected chi connectivity index (χ2v) is 7.66. The average molecular weight is 392 g/mol. The Labute approximate surface area is 166 Å². The zero-order valence-electron chi connectivity index (χ0n) is 16.4. The van der Waals surface area contributed by atoms with Crippen LogP contribution >= 0.6 is 0 Å². The Bertz CT molecular complexity index is 1220. The van der Waals surface area contributed by atoms with Gasteiger partial charge < -0.3 is 18.3 Å². The third kappa shape index (κ3) is 4.16. The molecule has 0 amide bonds. The number of para-hydroxylation sites is 1. The van der Waals surface area contributed by atoms with Gasteiger partial charge in [-0.15, -0.1) is 0 Å². The summed E-state index contributed by atoms with van der Waals surface area (Å²) < 4.78 is 22.0. The lowest BCUT2D eigenvalue weighted by atomic mass is 10.1. The Hall–Kier alpha value is -3.54. The molecule has 4 aromatic rings. The Balaban J connectivity index is 1.70. The van der Waals surface area contributed by atoms with E-state index in [9.17, 15) is 9.59 Å². The molecule has 0 N–H and O–H groups in total. The van der Waals surface area contributed by atoms with Crippen LogP contribution in [0.15, 0.2) is 68.2 Å². The summed E-state index contributed by atoms with van der Waals surface area (Å²) in [5, 5.41) is 1.58. The van der Waals surface area contributed by atoms with Gasteiger partial charge in [-0.1, -0.05) is 18.2 Å². The largest absolute Gasteiger partial charge is 0.482 e. The molecule has 0 aliphatic rings. The molecule has 0 aliphatic heterocycles. The highest BCUT2D eigenvalue weighted by Crippen LogP contribution is 2.33. The first-order chi connectivity index (χ1) is 13.8. The lowest BCUT2D eigenvalue weighted by Gasteiger charge is -2.19. The van der Waals surface area contributed by atoms with E-state index < -0.39 is 17.2 Å². The fourth-order valence-corrected chi connectivity index (χ4v) is 3.06. The minimum Gasteiger partial charge on any atom is -0.482 e. The fourth-order valence-electron chi connectivity index (χ4n) is 3.06. The van der Waals surface area contributed by atoms with Gasteiger partial charge in [0.25, 0.3) is 0 Å². The van der Waals surface area contributed by atoms with Gasteiger partial charge in [0, 0.05) is 22.4 Å². The van der Waals surface area contributed by atoms with Crippen molar-refractivity contribution in [1.82, 2.24) is 0 Å². The van der Waals surface area contributed by atoms with Gasteiger partial charge in [0.15, 0.2) is 6.61 Å². The van der Waals surface area contributed by atoms with E-state index in [2.05, 4.69) is 0 Å². The van der Waals surface area contributed by atoms with Crippen molar-refractivity contribution < 1.29 is 23.1 Å². The number of ether oxygens (including phenoxy) is 2. The van der Waals surface area contributed by atoms with Crippen molar-refractivity contribution >= 4 is 27.9 Å². The summed E-state index contributed by atoms with van der Waals surface area (Å²) in [6, 6.07) is 15.8. The SMILES string of the molecule is CC(C)(C)OC(=O)COc1ccc2oc(=O)cc(-c3cc4ccccc4o3)c2c1. The molecule has 0 bridgehead atoms. The Kier molecular flexibility index (Phi) is 4.62. The minimum atomic E-state index is -0.582. The molecular formula is C23H20O6. The van der Waals surface area contributed by atoms with E-state index >= 15 is 0 Å². The summed E-state index contributed by atoms with van der Waals surface area (Å²) in [4.78, 5) is 23.9.